The second-order valence-electron chi connectivity index (χ2n) is 5.77. The van der Waals surface area contributed by atoms with E-state index >= 15 is 0 Å². The van der Waals surface area contributed by atoms with Crippen LogP contribution in [0.3, 0.4) is 0 Å². The lowest BCUT2D eigenvalue weighted by Gasteiger charge is -2.30. The summed E-state index contributed by atoms with van der Waals surface area (Å²) in [7, 11) is 0. The molecule has 1 saturated heterocycles. The lowest BCUT2D eigenvalue weighted by atomic mass is 9.97. The average Bonchev–Trinajstić information content (AvgIpc) is 2.98. The van der Waals surface area contributed by atoms with E-state index in [0.29, 0.717) is 32.5 Å². The van der Waals surface area contributed by atoms with E-state index in [-0.39, 0.29) is 24.3 Å². The standard InChI is InChI=1S/C17H21N3O3/c1-2-23-17(22)13-7-9-19(10-8-13)16(21)12-20-15-6-4-3-5-14(15)11-18-20/h3-6,11,13H,2,7-10,12H2,1H3. The van der Waals surface area contributed by atoms with Crippen LogP contribution in [0.4, 0.5) is 0 Å². The van der Waals surface area contributed by atoms with Crippen molar-refractivity contribution in [1.82, 2.24) is 14.7 Å². The first kappa shape index (κ1) is 15.5. The van der Waals surface area contributed by atoms with Crippen molar-refractivity contribution in [2.45, 2.75) is 26.3 Å². The number of piperidine rings is 1. The zero-order chi connectivity index (χ0) is 16.2. The van der Waals surface area contributed by atoms with E-state index in [1.54, 1.807) is 10.9 Å². The summed E-state index contributed by atoms with van der Waals surface area (Å²) < 4.78 is 6.79. The SMILES string of the molecule is CCOC(=O)C1CCN(C(=O)Cn2ncc3ccccc32)CC1. The van der Waals surface area contributed by atoms with Gasteiger partial charge in [-0.2, -0.15) is 5.10 Å². The van der Waals surface area contributed by atoms with Crippen molar-refractivity contribution in [2.24, 2.45) is 5.92 Å². The van der Waals surface area contributed by atoms with Crippen LogP contribution in [-0.2, 0) is 20.9 Å². The van der Waals surface area contributed by atoms with Gasteiger partial charge in [-0.1, -0.05) is 18.2 Å². The van der Waals surface area contributed by atoms with Crippen LogP contribution in [0.5, 0.6) is 0 Å². The number of nitrogens with zero attached hydrogens (tertiary/aromatic N) is 3. The van der Waals surface area contributed by atoms with Gasteiger partial charge in [0.05, 0.1) is 24.2 Å². The molecule has 1 aliphatic rings. The van der Waals surface area contributed by atoms with E-state index in [2.05, 4.69) is 5.10 Å². The Kier molecular flexibility index (Phi) is 4.60. The van der Waals surface area contributed by atoms with Gasteiger partial charge in [0.25, 0.3) is 0 Å². The zero-order valence-corrected chi connectivity index (χ0v) is 13.3. The number of carbonyl (C=O) groups is 2. The molecule has 122 valence electrons. The fourth-order valence-electron chi connectivity index (χ4n) is 3.00. The molecule has 6 heteroatoms. The molecule has 0 unspecified atom stereocenters. The molecule has 6 nitrogen and oxygen atoms in total. The Bertz CT molecular complexity index is 702. The highest BCUT2D eigenvalue weighted by Gasteiger charge is 2.28. The van der Waals surface area contributed by atoms with E-state index in [0.717, 1.165) is 10.9 Å². The molecule has 3 rings (SSSR count). The van der Waals surface area contributed by atoms with Crippen molar-refractivity contribution < 1.29 is 14.3 Å². The van der Waals surface area contributed by atoms with Gasteiger partial charge >= 0.3 is 5.97 Å². The van der Waals surface area contributed by atoms with Crippen LogP contribution in [0.1, 0.15) is 19.8 Å². The summed E-state index contributed by atoms with van der Waals surface area (Å²) in [4.78, 5) is 26.0. The van der Waals surface area contributed by atoms with Gasteiger partial charge in [0, 0.05) is 18.5 Å². The molecule has 0 aliphatic carbocycles. The zero-order valence-electron chi connectivity index (χ0n) is 13.3. The normalized spacial score (nSPS) is 15.8. The van der Waals surface area contributed by atoms with Gasteiger partial charge in [-0.3, -0.25) is 14.3 Å². The number of amides is 1. The van der Waals surface area contributed by atoms with Gasteiger partial charge in [0.2, 0.25) is 5.91 Å². The van der Waals surface area contributed by atoms with Crippen molar-refractivity contribution in [3.63, 3.8) is 0 Å². The molecule has 1 aromatic heterocycles. The molecular formula is C17H21N3O3. The van der Waals surface area contributed by atoms with Gasteiger partial charge < -0.3 is 9.64 Å². The predicted octanol–water partition coefficient (Wildman–Crippen LogP) is 1.84. The number of esters is 1. The predicted molar refractivity (Wildman–Crippen MR) is 85.7 cm³/mol. The van der Waals surface area contributed by atoms with Crippen LogP contribution >= 0.6 is 0 Å². The lowest BCUT2D eigenvalue weighted by Crippen LogP contribution is -2.42. The summed E-state index contributed by atoms with van der Waals surface area (Å²) in [6.45, 7) is 3.65. The number of benzene rings is 1. The molecule has 0 N–H and O–H groups in total. The number of hydrogen-bond acceptors (Lipinski definition) is 4. The van der Waals surface area contributed by atoms with E-state index < -0.39 is 0 Å². The molecule has 0 spiro atoms. The van der Waals surface area contributed by atoms with Crippen LogP contribution < -0.4 is 0 Å². The maximum Gasteiger partial charge on any atom is 0.309 e. The first-order valence-corrected chi connectivity index (χ1v) is 8.04. The van der Waals surface area contributed by atoms with Gasteiger partial charge in [-0.05, 0) is 25.8 Å². The Hall–Kier alpha value is -2.37. The van der Waals surface area contributed by atoms with E-state index in [4.69, 9.17) is 4.74 Å². The molecule has 2 heterocycles. The summed E-state index contributed by atoms with van der Waals surface area (Å²) in [5.41, 5.74) is 0.960. The Balaban J connectivity index is 1.59. The number of ether oxygens (including phenoxy) is 1. The van der Waals surface area contributed by atoms with Crippen molar-refractivity contribution in [1.29, 1.82) is 0 Å². The van der Waals surface area contributed by atoms with Crippen molar-refractivity contribution >= 4 is 22.8 Å². The van der Waals surface area contributed by atoms with Crippen LogP contribution in [0.2, 0.25) is 0 Å². The molecule has 1 amide bonds. The Morgan fingerprint density at radius 2 is 2.00 bits per heavy atom. The van der Waals surface area contributed by atoms with E-state index in [1.807, 2.05) is 36.1 Å². The van der Waals surface area contributed by atoms with Crippen molar-refractivity contribution in [3.8, 4) is 0 Å². The lowest BCUT2D eigenvalue weighted by molar-refractivity contribution is -0.151. The summed E-state index contributed by atoms with van der Waals surface area (Å²) in [5, 5.41) is 5.32. The summed E-state index contributed by atoms with van der Waals surface area (Å²) in [6, 6.07) is 7.84. The Morgan fingerprint density at radius 1 is 1.26 bits per heavy atom. The first-order valence-electron chi connectivity index (χ1n) is 8.04. The number of rotatable bonds is 4. The highest BCUT2D eigenvalue weighted by atomic mass is 16.5. The quantitative estimate of drug-likeness (QED) is 0.808. The summed E-state index contributed by atoms with van der Waals surface area (Å²) in [5.74, 6) is -0.177. The molecule has 0 atom stereocenters. The molecule has 23 heavy (non-hydrogen) atoms. The summed E-state index contributed by atoms with van der Waals surface area (Å²) in [6.07, 6.45) is 3.12. The van der Waals surface area contributed by atoms with Crippen LogP contribution in [0.15, 0.2) is 30.5 Å². The molecular weight excluding hydrogens is 294 g/mol. The van der Waals surface area contributed by atoms with E-state index in [1.165, 1.54) is 0 Å². The molecule has 0 bridgehead atoms. The number of carbonyl (C=O) groups excluding carboxylic acids is 2. The highest BCUT2D eigenvalue weighted by Crippen LogP contribution is 2.19. The smallest absolute Gasteiger partial charge is 0.309 e. The topological polar surface area (TPSA) is 64.4 Å². The third-order valence-corrected chi connectivity index (χ3v) is 4.30. The molecule has 2 aromatic rings. The number of likely N-dealkylation sites (tertiary alicyclic amines) is 1. The van der Waals surface area contributed by atoms with Crippen LogP contribution in [0, 0.1) is 5.92 Å². The van der Waals surface area contributed by atoms with Crippen molar-refractivity contribution in [3.05, 3.63) is 30.5 Å². The van der Waals surface area contributed by atoms with E-state index in [9.17, 15) is 9.59 Å². The fourth-order valence-corrected chi connectivity index (χ4v) is 3.00. The number of para-hydroxylation sites is 1. The van der Waals surface area contributed by atoms with Crippen LogP contribution in [0.25, 0.3) is 10.9 Å². The number of hydrogen-bond donors (Lipinski definition) is 0. The second kappa shape index (κ2) is 6.81. The van der Waals surface area contributed by atoms with Gasteiger partial charge in [-0.25, -0.2) is 0 Å². The Labute approximate surface area is 135 Å². The van der Waals surface area contributed by atoms with Gasteiger partial charge in [0.15, 0.2) is 0 Å². The largest absolute Gasteiger partial charge is 0.466 e. The summed E-state index contributed by atoms with van der Waals surface area (Å²) >= 11 is 0. The first-order chi connectivity index (χ1) is 11.2. The second-order valence-corrected chi connectivity index (χ2v) is 5.77. The third kappa shape index (κ3) is 3.36. The maximum absolute atomic E-state index is 12.5. The minimum Gasteiger partial charge on any atom is -0.466 e. The molecule has 1 aromatic carbocycles. The maximum atomic E-state index is 12.5. The van der Waals surface area contributed by atoms with Gasteiger partial charge in [-0.15, -0.1) is 0 Å². The minimum absolute atomic E-state index is 0.0427. The monoisotopic (exact) mass is 315 g/mol. The Morgan fingerprint density at radius 3 is 2.74 bits per heavy atom. The van der Waals surface area contributed by atoms with Gasteiger partial charge in [0.1, 0.15) is 6.54 Å². The number of fused-ring (bicyclic) bond motifs is 1. The molecule has 0 radical (unpaired) electrons. The van der Waals surface area contributed by atoms with Crippen molar-refractivity contribution in [2.75, 3.05) is 19.7 Å². The van der Waals surface area contributed by atoms with Crippen LogP contribution in [-0.4, -0.2) is 46.3 Å². The molecule has 1 fully saturated rings. The fraction of sp³-hybridized carbons (Fsp3) is 0.471. The number of aromatic nitrogens is 2. The minimum atomic E-state index is -0.141. The molecule has 0 saturated carbocycles. The highest BCUT2D eigenvalue weighted by molar-refractivity contribution is 5.82. The molecule has 1 aliphatic heterocycles. The average molecular weight is 315 g/mol. The third-order valence-electron chi connectivity index (χ3n) is 4.30.